The van der Waals surface area contributed by atoms with Gasteiger partial charge in [-0.15, -0.1) is 0 Å². The first kappa shape index (κ1) is 17.5. The van der Waals surface area contributed by atoms with Gasteiger partial charge >= 0.3 is 5.97 Å². The number of hydrazine groups is 1. The fourth-order valence-corrected chi connectivity index (χ4v) is 2.78. The number of carbonyl (C=O) groups is 2. The van der Waals surface area contributed by atoms with Gasteiger partial charge in [0.1, 0.15) is 0 Å². The Labute approximate surface area is 136 Å². The van der Waals surface area contributed by atoms with Crippen LogP contribution < -0.4 is 0 Å². The summed E-state index contributed by atoms with van der Waals surface area (Å²) < 4.78 is 10.4. The smallest absolute Gasteiger partial charge is 0.340 e. The van der Waals surface area contributed by atoms with Crippen molar-refractivity contribution >= 4 is 11.9 Å². The second-order valence-electron chi connectivity index (χ2n) is 5.40. The van der Waals surface area contributed by atoms with E-state index in [1.807, 2.05) is 18.9 Å². The van der Waals surface area contributed by atoms with E-state index in [9.17, 15) is 9.59 Å². The molecule has 1 aromatic rings. The molecule has 2 rings (SSSR count). The molecule has 1 fully saturated rings. The summed E-state index contributed by atoms with van der Waals surface area (Å²) in [6.07, 6.45) is 1.88. The number of hydrogen-bond donors (Lipinski definition) is 1. The Balaban J connectivity index is 2.11. The molecule has 1 N–H and O–H groups in total. The summed E-state index contributed by atoms with van der Waals surface area (Å²) in [5.74, 6) is -0.426. The Kier molecular flexibility index (Phi) is 6.18. The van der Waals surface area contributed by atoms with Crippen LogP contribution in [0.25, 0.3) is 0 Å². The number of amides is 1. The first-order valence-corrected chi connectivity index (χ1v) is 8.05. The van der Waals surface area contributed by atoms with E-state index in [1.54, 1.807) is 18.1 Å². The van der Waals surface area contributed by atoms with Crippen LogP contribution in [-0.4, -0.2) is 66.3 Å². The number of aromatic amines is 1. The van der Waals surface area contributed by atoms with Crippen LogP contribution in [0.1, 0.15) is 35.5 Å². The molecular formula is C16H25N3O4. The van der Waals surface area contributed by atoms with Crippen LogP contribution in [0.15, 0.2) is 6.20 Å². The zero-order valence-electron chi connectivity index (χ0n) is 14.1. The van der Waals surface area contributed by atoms with Gasteiger partial charge in [0.2, 0.25) is 5.91 Å². The average Bonchev–Trinajstić information content (AvgIpc) is 2.90. The van der Waals surface area contributed by atoms with Gasteiger partial charge < -0.3 is 14.5 Å². The topological polar surface area (TPSA) is 74.9 Å². The second-order valence-corrected chi connectivity index (χ2v) is 5.40. The number of ether oxygens (including phenoxy) is 2. The van der Waals surface area contributed by atoms with Crippen LogP contribution in [0.3, 0.4) is 0 Å². The number of morpholine rings is 1. The van der Waals surface area contributed by atoms with E-state index in [0.29, 0.717) is 50.7 Å². The van der Waals surface area contributed by atoms with Crippen LogP contribution in [0.2, 0.25) is 0 Å². The van der Waals surface area contributed by atoms with Crippen molar-refractivity contribution in [3.8, 4) is 0 Å². The molecule has 7 heteroatoms. The molecule has 0 atom stereocenters. The number of hydrogen-bond acceptors (Lipinski definition) is 5. The number of nitrogens with zero attached hydrogens (tertiary/aromatic N) is 2. The summed E-state index contributed by atoms with van der Waals surface area (Å²) in [5.41, 5.74) is 1.87. The van der Waals surface area contributed by atoms with Gasteiger partial charge in [0.15, 0.2) is 0 Å². The highest BCUT2D eigenvalue weighted by atomic mass is 16.5. The van der Waals surface area contributed by atoms with E-state index >= 15 is 0 Å². The largest absolute Gasteiger partial charge is 0.462 e. The van der Waals surface area contributed by atoms with E-state index in [0.717, 1.165) is 5.56 Å². The van der Waals surface area contributed by atoms with Crippen LogP contribution in [0, 0.1) is 6.92 Å². The average molecular weight is 323 g/mol. The lowest BCUT2D eigenvalue weighted by Crippen LogP contribution is -2.51. The molecule has 1 aromatic heterocycles. The van der Waals surface area contributed by atoms with E-state index < -0.39 is 0 Å². The Hall–Kier alpha value is -1.86. The molecule has 2 heterocycles. The molecule has 128 valence electrons. The van der Waals surface area contributed by atoms with Gasteiger partial charge in [-0.3, -0.25) is 9.80 Å². The zero-order chi connectivity index (χ0) is 16.8. The monoisotopic (exact) mass is 323 g/mol. The number of aryl methyl sites for hydroxylation is 1. The van der Waals surface area contributed by atoms with Crippen molar-refractivity contribution in [3.63, 3.8) is 0 Å². The summed E-state index contributed by atoms with van der Waals surface area (Å²) in [5, 5.41) is 3.74. The molecule has 7 nitrogen and oxygen atoms in total. The molecule has 23 heavy (non-hydrogen) atoms. The number of esters is 1. The summed E-state index contributed by atoms with van der Waals surface area (Å²) >= 11 is 0. The highest BCUT2D eigenvalue weighted by Crippen LogP contribution is 2.17. The van der Waals surface area contributed by atoms with Crippen molar-refractivity contribution in [2.24, 2.45) is 0 Å². The molecule has 0 radical (unpaired) electrons. The summed E-state index contributed by atoms with van der Waals surface area (Å²) in [4.78, 5) is 27.8. The van der Waals surface area contributed by atoms with E-state index in [2.05, 4.69) is 4.98 Å². The van der Waals surface area contributed by atoms with Crippen molar-refractivity contribution in [2.75, 3.05) is 39.5 Å². The fourth-order valence-electron chi connectivity index (χ4n) is 2.78. The third-order valence-corrected chi connectivity index (χ3v) is 3.88. The normalized spacial score (nSPS) is 15.4. The highest BCUT2D eigenvalue weighted by molar-refractivity contribution is 5.94. The van der Waals surface area contributed by atoms with Gasteiger partial charge in [-0.1, -0.05) is 0 Å². The van der Waals surface area contributed by atoms with Crippen molar-refractivity contribution in [1.82, 2.24) is 15.0 Å². The molecule has 0 unspecified atom stereocenters. The van der Waals surface area contributed by atoms with Crippen LogP contribution >= 0.6 is 0 Å². The Morgan fingerprint density at radius 1 is 1.35 bits per heavy atom. The van der Waals surface area contributed by atoms with Crippen molar-refractivity contribution in [3.05, 3.63) is 23.0 Å². The standard InChI is InChI=1S/C16H25N3O4/c1-4-19(18-6-8-22-9-7-18)14(20)10-13-15(12(3)11-17-13)16(21)23-5-2/h11,17H,4-10H2,1-3H3. The van der Waals surface area contributed by atoms with Crippen molar-refractivity contribution in [1.29, 1.82) is 0 Å². The van der Waals surface area contributed by atoms with E-state index in [1.165, 1.54) is 0 Å². The second kappa shape index (κ2) is 8.12. The molecule has 1 aliphatic heterocycles. The third-order valence-electron chi connectivity index (χ3n) is 3.88. The first-order valence-electron chi connectivity index (χ1n) is 8.05. The van der Waals surface area contributed by atoms with Gasteiger partial charge in [0.05, 0.1) is 31.8 Å². The van der Waals surface area contributed by atoms with Crippen LogP contribution in [0.5, 0.6) is 0 Å². The SMILES string of the molecule is CCOC(=O)c1c(C)c[nH]c1CC(=O)N(CC)N1CCOCC1. The Bertz CT molecular complexity index is 550. The maximum absolute atomic E-state index is 12.7. The lowest BCUT2D eigenvalue weighted by atomic mass is 10.1. The minimum absolute atomic E-state index is 0.0400. The zero-order valence-corrected chi connectivity index (χ0v) is 14.1. The number of aromatic nitrogens is 1. The Morgan fingerprint density at radius 2 is 2.04 bits per heavy atom. The maximum atomic E-state index is 12.7. The fraction of sp³-hybridized carbons (Fsp3) is 0.625. The van der Waals surface area contributed by atoms with Crippen LogP contribution in [-0.2, 0) is 20.7 Å². The predicted octanol–water partition coefficient (Wildman–Crippen LogP) is 1.14. The summed E-state index contributed by atoms with van der Waals surface area (Å²) in [7, 11) is 0. The van der Waals surface area contributed by atoms with Gasteiger partial charge in [-0.2, -0.15) is 0 Å². The van der Waals surface area contributed by atoms with Crippen LogP contribution in [0.4, 0.5) is 0 Å². The molecule has 0 saturated carbocycles. The molecule has 0 spiro atoms. The maximum Gasteiger partial charge on any atom is 0.340 e. The van der Waals surface area contributed by atoms with Crippen molar-refractivity contribution in [2.45, 2.75) is 27.2 Å². The molecule has 0 aromatic carbocycles. The first-order chi connectivity index (χ1) is 11.1. The molecule has 1 saturated heterocycles. The molecule has 0 aliphatic carbocycles. The van der Waals surface area contributed by atoms with E-state index in [4.69, 9.17) is 9.47 Å². The van der Waals surface area contributed by atoms with Gasteiger partial charge in [0.25, 0.3) is 0 Å². The minimum atomic E-state index is -0.386. The van der Waals surface area contributed by atoms with Gasteiger partial charge in [-0.25, -0.2) is 9.80 Å². The van der Waals surface area contributed by atoms with E-state index in [-0.39, 0.29) is 18.3 Å². The minimum Gasteiger partial charge on any atom is -0.462 e. The number of H-pyrrole nitrogens is 1. The van der Waals surface area contributed by atoms with Gasteiger partial charge in [0, 0.05) is 31.5 Å². The number of likely N-dealkylation sites (N-methyl/N-ethyl adjacent to an activating group) is 1. The van der Waals surface area contributed by atoms with Gasteiger partial charge in [-0.05, 0) is 26.3 Å². The molecule has 1 aliphatic rings. The molecular weight excluding hydrogens is 298 g/mol. The Morgan fingerprint density at radius 3 is 2.65 bits per heavy atom. The highest BCUT2D eigenvalue weighted by Gasteiger charge is 2.25. The number of nitrogens with one attached hydrogen (secondary N) is 1. The number of rotatable bonds is 6. The quantitative estimate of drug-likeness (QED) is 0.795. The summed E-state index contributed by atoms with van der Waals surface area (Å²) in [6.45, 7) is 9.10. The lowest BCUT2D eigenvalue weighted by molar-refractivity contribution is -0.155. The predicted molar refractivity (Wildman–Crippen MR) is 85.0 cm³/mol. The lowest BCUT2D eigenvalue weighted by Gasteiger charge is -2.36. The molecule has 0 bridgehead atoms. The van der Waals surface area contributed by atoms with Crippen molar-refractivity contribution < 1.29 is 19.1 Å². The third kappa shape index (κ3) is 4.11. The summed E-state index contributed by atoms with van der Waals surface area (Å²) in [6, 6.07) is 0. The number of carbonyl (C=O) groups excluding carboxylic acids is 2. The molecule has 1 amide bonds.